The lowest BCUT2D eigenvalue weighted by molar-refractivity contribution is -0.150. The lowest BCUT2D eigenvalue weighted by Crippen LogP contribution is -2.67. The number of fused-ring (bicyclic) bond motifs is 11. The van der Waals surface area contributed by atoms with Crippen LogP contribution in [-0.2, 0) is 36.4 Å². The largest absolute Gasteiger partial charge is 0.364 e. The van der Waals surface area contributed by atoms with Crippen molar-refractivity contribution in [2.24, 2.45) is 5.92 Å². The van der Waals surface area contributed by atoms with Crippen LogP contribution in [-0.4, -0.2) is 69.9 Å². The van der Waals surface area contributed by atoms with Gasteiger partial charge in [0.05, 0.1) is 10.8 Å². The van der Waals surface area contributed by atoms with Gasteiger partial charge in [-0.15, -0.1) is 0 Å². The smallest absolute Gasteiger partial charge is 0.247 e. The number of amides is 4. The summed E-state index contributed by atoms with van der Waals surface area (Å²) in [6, 6.07) is 23.2. The summed E-state index contributed by atoms with van der Waals surface area (Å²) in [7, 11) is 0. The maximum Gasteiger partial charge on any atom is 0.247 e. The van der Waals surface area contributed by atoms with Gasteiger partial charge in [0.15, 0.2) is 0 Å². The molecule has 8 unspecified atom stereocenters. The summed E-state index contributed by atoms with van der Waals surface area (Å²) in [5.41, 5.74) is 3.13. The molecule has 234 valence electrons. The summed E-state index contributed by atoms with van der Waals surface area (Å²) >= 11 is 0. The molecule has 9 rings (SSSR count). The van der Waals surface area contributed by atoms with Gasteiger partial charge in [0.25, 0.3) is 0 Å². The molecule has 0 aromatic heterocycles. The Morgan fingerprint density at radius 1 is 0.652 bits per heavy atom. The van der Waals surface area contributed by atoms with E-state index in [-0.39, 0.29) is 29.5 Å². The summed E-state index contributed by atoms with van der Waals surface area (Å²) in [6.45, 7) is 3.89. The number of carbonyl (C=O) groups excluding carboxylic acids is 4. The number of carbonyl (C=O) groups is 4. The molecule has 4 saturated heterocycles. The first-order chi connectivity index (χ1) is 22.3. The average Bonchev–Trinajstić information content (AvgIpc) is 3.76. The van der Waals surface area contributed by atoms with E-state index in [1.165, 1.54) is 0 Å². The maximum absolute atomic E-state index is 14.5. The van der Waals surface area contributed by atoms with Gasteiger partial charge in [0.1, 0.15) is 36.5 Å². The zero-order valence-electron chi connectivity index (χ0n) is 25.7. The third kappa shape index (κ3) is 3.26. The Labute approximate surface area is 266 Å². The third-order valence-corrected chi connectivity index (χ3v) is 11.6. The van der Waals surface area contributed by atoms with Gasteiger partial charge in [-0.1, -0.05) is 80.6 Å². The van der Waals surface area contributed by atoms with Crippen LogP contribution in [0.25, 0.3) is 0 Å². The van der Waals surface area contributed by atoms with Gasteiger partial charge in [-0.3, -0.25) is 19.2 Å². The van der Waals surface area contributed by atoms with Crippen LogP contribution in [0.15, 0.2) is 78.9 Å². The summed E-state index contributed by atoms with van der Waals surface area (Å²) in [4.78, 5) is 60.3. The fraction of sp³-hybridized carbons (Fsp3) is 0.389. The van der Waals surface area contributed by atoms with Gasteiger partial charge in [0.2, 0.25) is 23.6 Å². The standard InChI is InChI=1S/C36H36N6O4/c1-19(2)28-32(46)42-27(30(44)40-28)18-36(22-13-7-9-15-24(22)39-34(36)42)35-17-26-29(43)37-25(16-20-10-4-3-5-11-20)31(45)41(26)33(35)38-23-14-8-6-12-21(23)35/h3-15,19,25-28,33-34,38-39H,16-18H2,1-2H3,(H,37,43)(H,40,44). The average molecular weight is 617 g/mol. The second kappa shape index (κ2) is 9.34. The number of benzene rings is 3. The first kappa shape index (κ1) is 27.5. The van der Waals surface area contributed by atoms with Crippen LogP contribution in [0.3, 0.4) is 0 Å². The Hall–Kier alpha value is -4.86. The molecule has 10 nitrogen and oxygen atoms in total. The van der Waals surface area contributed by atoms with Crippen molar-refractivity contribution in [1.82, 2.24) is 20.4 Å². The van der Waals surface area contributed by atoms with Gasteiger partial charge in [-0.25, -0.2) is 0 Å². The molecule has 46 heavy (non-hydrogen) atoms. The number of piperazine rings is 2. The molecule has 4 amide bonds. The molecule has 0 saturated carbocycles. The summed E-state index contributed by atoms with van der Waals surface area (Å²) in [6.07, 6.45) is -0.0122. The van der Waals surface area contributed by atoms with E-state index in [0.29, 0.717) is 19.3 Å². The Morgan fingerprint density at radius 2 is 1.15 bits per heavy atom. The van der Waals surface area contributed by atoms with E-state index in [4.69, 9.17) is 0 Å². The Bertz CT molecular complexity index is 1830. The van der Waals surface area contributed by atoms with Crippen LogP contribution >= 0.6 is 0 Å². The maximum atomic E-state index is 14.5. The third-order valence-electron chi connectivity index (χ3n) is 11.6. The van der Waals surface area contributed by atoms with Crippen molar-refractivity contribution < 1.29 is 19.2 Å². The SMILES string of the molecule is CC(C)C1NC(=O)C2CC3(C45CC6C(=O)NC(Cc7ccccc7)C(=O)N6C4Nc4ccccc45)c4ccccc4NC3N2C1=O. The quantitative estimate of drug-likeness (QED) is 0.357. The van der Waals surface area contributed by atoms with Crippen molar-refractivity contribution in [2.45, 2.75) is 80.4 Å². The molecule has 8 atom stereocenters. The molecule has 3 aromatic rings. The molecule has 0 aliphatic carbocycles. The highest BCUT2D eigenvalue weighted by Gasteiger charge is 2.78. The summed E-state index contributed by atoms with van der Waals surface area (Å²) in [5.74, 6) is -0.654. The predicted octanol–water partition coefficient (Wildman–Crippen LogP) is 2.46. The highest BCUT2D eigenvalue weighted by Crippen LogP contribution is 2.68. The number of anilines is 2. The molecule has 0 bridgehead atoms. The van der Waals surface area contributed by atoms with Crippen molar-refractivity contribution in [3.05, 3.63) is 95.6 Å². The van der Waals surface area contributed by atoms with Crippen LogP contribution < -0.4 is 21.3 Å². The van der Waals surface area contributed by atoms with Crippen molar-refractivity contribution in [1.29, 1.82) is 0 Å². The van der Waals surface area contributed by atoms with E-state index in [2.05, 4.69) is 33.4 Å². The molecule has 3 aromatic carbocycles. The van der Waals surface area contributed by atoms with Gasteiger partial charge in [-0.2, -0.15) is 0 Å². The fourth-order valence-corrected chi connectivity index (χ4v) is 9.81. The summed E-state index contributed by atoms with van der Waals surface area (Å²) in [5, 5.41) is 13.5. The van der Waals surface area contributed by atoms with E-state index in [1.807, 2.05) is 80.6 Å². The number of nitrogens with one attached hydrogen (secondary N) is 4. The van der Waals surface area contributed by atoms with Crippen LogP contribution in [0.1, 0.15) is 43.4 Å². The van der Waals surface area contributed by atoms with E-state index in [1.54, 1.807) is 9.80 Å². The van der Waals surface area contributed by atoms with Crippen molar-refractivity contribution in [3.63, 3.8) is 0 Å². The minimum Gasteiger partial charge on any atom is -0.364 e. The molecule has 0 spiro atoms. The summed E-state index contributed by atoms with van der Waals surface area (Å²) < 4.78 is 0. The van der Waals surface area contributed by atoms with E-state index < -0.39 is 47.3 Å². The van der Waals surface area contributed by atoms with Gasteiger partial charge in [-0.05, 0) is 47.6 Å². The topological polar surface area (TPSA) is 123 Å². The zero-order chi connectivity index (χ0) is 31.5. The zero-order valence-corrected chi connectivity index (χ0v) is 25.7. The number of para-hydroxylation sites is 2. The first-order valence-corrected chi connectivity index (χ1v) is 16.3. The van der Waals surface area contributed by atoms with Crippen molar-refractivity contribution in [3.8, 4) is 0 Å². The van der Waals surface area contributed by atoms with Crippen molar-refractivity contribution in [2.75, 3.05) is 10.6 Å². The Kier molecular flexibility index (Phi) is 5.57. The van der Waals surface area contributed by atoms with Crippen molar-refractivity contribution >= 4 is 35.0 Å². The van der Waals surface area contributed by atoms with Crippen LogP contribution in [0.5, 0.6) is 0 Å². The minimum absolute atomic E-state index is 0.0840. The normalized spacial score (nSPS) is 34.9. The van der Waals surface area contributed by atoms with E-state index >= 15 is 0 Å². The number of hydrogen-bond donors (Lipinski definition) is 4. The van der Waals surface area contributed by atoms with Crippen LogP contribution in [0.4, 0.5) is 11.4 Å². The van der Waals surface area contributed by atoms with Gasteiger partial charge in [0, 0.05) is 17.8 Å². The monoisotopic (exact) mass is 616 g/mol. The highest BCUT2D eigenvalue weighted by molar-refractivity contribution is 6.01. The number of rotatable bonds is 4. The molecular formula is C36H36N6O4. The molecule has 0 radical (unpaired) electrons. The number of nitrogens with zero attached hydrogens (tertiary/aromatic N) is 2. The molecule has 6 heterocycles. The minimum atomic E-state index is -0.835. The van der Waals surface area contributed by atoms with Gasteiger partial charge < -0.3 is 31.1 Å². The molecule has 10 heteroatoms. The highest BCUT2D eigenvalue weighted by atomic mass is 16.2. The molecule has 4 N–H and O–H groups in total. The molecule has 4 fully saturated rings. The predicted molar refractivity (Wildman–Crippen MR) is 170 cm³/mol. The fourth-order valence-electron chi connectivity index (χ4n) is 9.81. The molecular weight excluding hydrogens is 580 g/mol. The first-order valence-electron chi connectivity index (χ1n) is 16.3. The molecule has 6 aliphatic heterocycles. The second-order valence-electron chi connectivity index (χ2n) is 14.0. The van der Waals surface area contributed by atoms with Crippen LogP contribution in [0, 0.1) is 5.92 Å². The van der Waals surface area contributed by atoms with E-state index in [0.717, 1.165) is 28.1 Å². The van der Waals surface area contributed by atoms with E-state index in [9.17, 15) is 19.2 Å². The number of hydrogen-bond acceptors (Lipinski definition) is 6. The Balaban J connectivity index is 1.24. The lowest BCUT2D eigenvalue weighted by atomic mass is 9.54. The Morgan fingerprint density at radius 3 is 1.72 bits per heavy atom. The van der Waals surface area contributed by atoms with Gasteiger partial charge >= 0.3 is 0 Å². The van der Waals surface area contributed by atoms with Crippen LogP contribution in [0.2, 0.25) is 0 Å². The second-order valence-corrected chi connectivity index (χ2v) is 14.0. The molecule has 6 aliphatic rings. The lowest BCUT2D eigenvalue weighted by Gasteiger charge is -2.48.